The first-order valence-corrected chi connectivity index (χ1v) is 6.88. The van der Waals surface area contributed by atoms with Crippen molar-refractivity contribution in [3.05, 3.63) is 45.6 Å². The summed E-state index contributed by atoms with van der Waals surface area (Å²) in [4.78, 5) is 12.3. The first-order valence-electron chi connectivity index (χ1n) is 6.50. The number of aryl methyl sites for hydroxylation is 1. The average Bonchev–Trinajstić information content (AvgIpc) is 2.78. The first-order chi connectivity index (χ1) is 10.0. The van der Waals surface area contributed by atoms with E-state index < -0.39 is 0 Å². The molecule has 3 rings (SSSR count). The van der Waals surface area contributed by atoms with Crippen LogP contribution in [0.15, 0.2) is 23.8 Å². The summed E-state index contributed by atoms with van der Waals surface area (Å²) < 4.78 is 5.57. The lowest BCUT2D eigenvalue weighted by Gasteiger charge is -2.17. The Morgan fingerprint density at radius 3 is 2.95 bits per heavy atom. The Kier molecular flexibility index (Phi) is 3.43. The monoisotopic (exact) mass is 303 g/mol. The van der Waals surface area contributed by atoms with Crippen molar-refractivity contribution in [1.82, 2.24) is 10.2 Å². The third-order valence-electron chi connectivity index (χ3n) is 3.46. The maximum absolute atomic E-state index is 12.3. The van der Waals surface area contributed by atoms with Crippen LogP contribution in [0.3, 0.4) is 0 Å². The molecule has 1 aromatic carbocycles. The summed E-state index contributed by atoms with van der Waals surface area (Å²) in [5.41, 5.74) is 3.18. The quantitative estimate of drug-likeness (QED) is 0.896. The minimum absolute atomic E-state index is 0.225. The molecule has 2 aromatic rings. The Labute approximate surface area is 127 Å². The van der Waals surface area contributed by atoms with Gasteiger partial charge in [0.1, 0.15) is 12.4 Å². The number of rotatable bonds is 2. The summed E-state index contributed by atoms with van der Waals surface area (Å²) in [6, 6.07) is 5.33. The van der Waals surface area contributed by atoms with Crippen LogP contribution in [0.4, 0.5) is 5.82 Å². The number of aromatic nitrogens is 2. The van der Waals surface area contributed by atoms with Crippen molar-refractivity contribution in [2.75, 3.05) is 11.9 Å². The number of benzene rings is 1. The van der Waals surface area contributed by atoms with Crippen LogP contribution in [-0.2, 0) is 4.79 Å². The van der Waals surface area contributed by atoms with Crippen LogP contribution in [0.2, 0.25) is 5.02 Å². The van der Waals surface area contributed by atoms with Gasteiger partial charge in [-0.25, -0.2) is 0 Å². The van der Waals surface area contributed by atoms with Crippen LogP contribution in [-0.4, -0.2) is 22.7 Å². The van der Waals surface area contributed by atoms with Gasteiger partial charge in [-0.3, -0.25) is 9.89 Å². The van der Waals surface area contributed by atoms with Crippen molar-refractivity contribution in [3.8, 4) is 5.75 Å². The molecule has 0 saturated heterocycles. The molecule has 1 aliphatic heterocycles. The van der Waals surface area contributed by atoms with Crippen LogP contribution in [0, 0.1) is 13.8 Å². The van der Waals surface area contributed by atoms with Gasteiger partial charge in [0.2, 0.25) is 0 Å². The summed E-state index contributed by atoms with van der Waals surface area (Å²) in [6.45, 7) is 4.03. The molecule has 1 amide bonds. The number of carbonyl (C=O) groups excluding carboxylic acids is 1. The average molecular weight is 304 g/mol. The van der Waals surface area contributed by atoms with Gasteiger partial charge in [0.15, 0.2) is 5.82 Å². The lowest BCUT2D eigenvalue weighted by atomic mass is 10.1. The number of nitrogens with zero attached hydrogens (tertiary/aromatic N) is 1. The summed E-state index contributed by atoms with van der Waals surface area (Å²) in [7, 11) is 0. The third-order valence-corrected chi connectivity index (χ3v) is 3.70. The minimum Gasteiger partial charge on any atom is -0.488 e. The van der Waals surface area contributed by atoms with Gasteiger partial charge in [0, 0.05) is 21.8 Å². The van der Waals surface area contributed by atoms with E-state index in [2.05, 4.69) is 15.5 Å². The fraction of sp³-hybridized carbons (Fsp3) is 0.200. The van der Waals surface area contributed by atoms with Crippen molar-refractivity contribution in [2.24, 2.45) is 0 Å². The van der Waals surface area contributed by atoms with E-state index in [4.69, 9.17) is 16.3 Å². The molecule has 1 aromatic heterocycles. The van der Waals surface area contributed by atoms with E-state index >= 15 is 0 Å². The molecule has 2 N–H and O–H groups in total. The maximum Gasteiger partial charge on any atom is 0.256 e. The summed E-state index contributed by atoms with van der Waals surface area (Å²) in [5, 5.41) is 10.3. The molecule has 2 heterocycles. The number of fused-ring (bicyclic) bond motifs is 1. The molecule has 6 heteroatoms. The Hall–Kier alpha value is -2.27. The smallest absolute Gasteiger partial charge is 0.256 e. The molecule has 5 nitrogen and oxygen atoms in total. The van der Waals surface area contributed by atoms with Gasteiger partial charge in [-0.05, 0) is 38.1 Å². The molecule has 0 radical (unpaired) electrons. The topological polar surface area (TPSA) is 67.0 Å². The molecule has 0 saturated carbocycles. The molecule has 0 unspecified atom stereocenters. The Balaban J connectivity index is 1.84. The number of anilines is 1. The number of ether oxygens (including phenoxy) is 1. The predicted molar refractivity (Wildman–Crippen MR) is 81.6 cm³/mol. The van der Waals surface area contributed by atoms with Gasteiger partial charge >= 0.3 is 0 Å². The highest BCUT2D eigenvalue weighted by Gasteiger charge is 2.19. The lowest BCUT2D eigenvalue weighted by Crippen LogP contribution is -2.21. The molecule has 0 bridgehead atoms. The van der Waals surface area contributed by atoms with Crippen molar-refractivity contribution >= 4 is 29.4 Å². The van der Waals surface area contributed by atoms with Gasteiger partial charge in [0.25, 0.3) is 5.91 Å². The lowest BCUT2D eigenvalue weighted by molar-refractivity contribution is -0.113. The largest absolute Gasteiger partial charge is 0.488 e. The predicted octanol–water partition coefficient (Wildman–Crippen LogP) is 3.09. The van der Waals surface area contributed by atoms with Crippen LogP contribution in [0.1, 0.15) is 16.8 Å². The number of halogens is 1. The van der Waals surface area contributed by atoms with Gasteiger partial charge < -0.3 is 10.1 Å². The van der Waals surface area contributed by atoms with Gasteiger partial charge in [-0.1, -0.05) is 11.6 Å². The number of hydrogen-bond donors (Lipinski definition) is 2. The van der Waals surface area contributed by atoms with E-state index in [1.807, 2.05) is 13.8 Å². The van der Waals surface area contributed by atoms with E-state index in [1.54, 1.807) is 24.3 Å². The van der Waals surface area contributed by atoms with Crippen molar-refractivity contribution < 1.29 is 9.53 Å². The van der Waals surface area contributed by atoms with E-state index in [-0.39, 0.29) is 12.5 Å². The van der Waals surface area contributed by atoms with E-state index in [0.717, 1.165) is 22.6 Å². The molecule has 0 fully saturated rings. The second kappa shape index (κ2) is 5.26. The zero-order chi connectivity index (χ0) is 15.0. The molecule has 21 heavy (non-hydrogen) atoms. The zero-order valence-electron chi connectivity index (χ0n) is 11.7. The second-order valence-electron chi connectivity index (χ2n) is 4.92. The molecule has 1 aliphatic rings. The first kappa shape index (κ1) is 13.7. The SMILES string of the molecule is Cc1[nH]nc(NC(=O)C2=Cc3cc(Cl)ccc3OC2)c1C. The Bertz CT molecular complexity index is 749. The number of nitrogens with one attached hydrogen (secondary N) is 2. The van der Waals surface area contributed by atoms with Crippen molar-refractivity contribution in [3.63, 3.8) is 0 Å². The van der Waals surface area contributed by atoms with Gasteiger partial charge in [0.05, 0.1) is 5.57 Å². The number of carbonyl (C=O) groups is 1. The summed E-state index contributed by atoms with van der Waals surface area (Å²) >= 11 is 5.96. The van der Waals surface area contributed by atoms with Crippen LogP contribution < -0.4 is 10.1 Å². The maximum atomic E-state index is 12.3. The number of amides is 1. The third kappa shape index (κ3) is 2.64. The van der Waals surface area contributed by atoms with Crippen LogP contribution in [0.5, 0.6) is 5.75 Å². The molecule has 0 spiro atoms. The minimum atomic E-state index is -0.227. The highest BCUT2D eigenvalue weighted by Crippen LogP contribution is 2.29. The standard InChI is InChI=1S/C15H14ClN3O2/c1-8-9(2)18-19-14(8)17-15(20)11-5-10-6-12(16)3-4-13(10)21-7-11/h3-6H,7H2,1-2H3,(H2,17,18,19,20). The highest BCUT2D eigenvalue weighted by molar-refractivity contribution is 6.30. The zero-order valence-corrected chi connectivity index (χ0v) is 12.4. The van der Waals surface area contributed by atoms with Crippen molar-refractivity contribution in [2.45, 2.75) is 13.8 Å². The fourth-order valence-corrected chi connectivity index (χ4v) is 2.25. The number of hydrogen-bond acceptors (Lipinski definition) is 3. The summed E-state index contributed by atoms with van der Waals surface area (Å²) in [5.74, 6) is 1.04. The Morgan fingerprint density at radius 2 is 2.24 bits per heavy atom. The Morgan fingerprint density at radius 1 is 1.43 bits per heavy atom. The molecular formula is C15H14ClN3O2. The van der Waals surface area contributed by atoms with Crippen LogP contribution >= 0.6 is 11.6 Å². The normalized spacial score (nSPS) is 13.2. The second-order valence-corrected chi connectivity index (χ2v) is 5.35. The molecular weight excluding hydrogens is 290 g/mol. The fourth-order valence-electron chi connectivity index (χ4n) is 2.07. The van der Waals surface area contributed by atoms with Crippen molar-refractivity contribution in [1.29, 1.82) is 0 Å². The number of aromatic amines is 1. The summed E-state index contributed by atoms with van der Waals surface area (Å²) in [6.07, 6.45) is 1.79. The van der Waals surface area contributed by atoms with E-state index in [0.29, 0.717) is 16.4 Å². The molecule has 0 aliphatic carbocycles. The van der Waals surface area contributed by atoms with Gasteiger partial charge in [-0.2, -0.15) is 5.10 Å². The molecule has 108 valence electrons. The van der Waals surface area contributed by atoms with E-state index in [9.17, 15) is 4.79 Å². The van der Waals surface area contributed by atoms with Gasteiger partial charge in [-0.15, -0.1) is 0 Å². The van der Waals surface area contributed by atoms with Crippen LogP contribution in [0.25, 0.3) is 6.08 Å². The molecule has 0 atom stereocenters. The van der Waals surface area contributed by atoms with E-state index in [1.165, 1.54) is 0 Å². The highest BCUT2D eigenvalue weighted by atomic mass is 35.5. The number of H-pyrrole nitrogens is 1.